The van der Waals surface area contributed by atoms with Crippen molar-refractivity contribution >= 4 is 23.8 Å². The largest absolute Gasteiger partial charge is 0.465 e. The van der Waals surface area contributed by atoms with Crippen molar-refractivity contribution in [3.63, 3.8) is 0 Å². The summed E-state index contributed by atoms with van der Waals surface area (Å²) in [6.45, 7) is 3.72. The van der Waals surface area contributed by atoms with Gasteiger partial charge in [-0.1, -0.05) is 42.5 Å². The molecule has 1 aromatic rings. The SMILES string of the molecule is CCOC(=O)[C@@H]1C(C)=NC(=O)N[C@@H]1/C=C/c1ccccc1. The van der Waals surface area contributed by atoms with E-state index in [-0.39, 0.29) is 5.97 Å². The zero-order valence-corrected chi connectivity index (χ0v) is 12.1. The molecule has 1 aliphatic rings. The van der Waals surface area contributed by atoms with Gasteiger partial charge in [0.2, 0.25) is 0 Å². The molecule has 1 N–H and O–H groups in total. The standard InChI is InChI=1S/C16H18N2O3/c1-3-21-15(19)14-11(2)17-16(20)18-13(14)10-9-12-7-5-4-6-8-12/h4-10,13-14H,3H2,1-2H3,(H,18,20)/b10-9+/t13-,14-/m1/s1. The molecule has 0 fully saturated rings. The Balaban J connectivity index is 2.22. The summed E-state index contributed by atoms with van der Waals surface area (Å²) in [4.78, 5) is 27.4. The molecule has 5 heteroatoms. The first-order valence-electron chi connectivity index (χ1n) is 6.87. The van der Waals surface area contributed by atoms with Gasteiger partial charge >= 0.3 is 12.0 Å². The number of esters is 1. The molecular weight excluding hydrogens is 268 g/mol. The molecule has 0 unspecified atom stereocenters. The number of hydrogen-bond acceptors (Lipinski definition) is 3. The summed E-state index contributed by atoms with van der Waals surface area (Å²) in [5, 5.41) is 2.69. The average molecular weight is 286 g/mol. The summed E-state index contributed by atoms with van der Waals surface area (Å²) in [7, 11) is 0. The molecule has 110 valence electrons. The van der Waals surface area contributed by atoms with E-state index in [2.05, 4.69) is 10.3 Å². The van der Waals surface area contributed by atoms with E-state index in [1.807, 2.05) is 36.4 Å². The molecule has 5 nitrogen and oxygen atoms in total. The highest BCUT2D eigenvalue weighted by Gasteiger charge is 2.35. The molecule has 2 amide bonds. The van der Waals surface area contributed by atoms with Gasteiger partial charge in [-0.25, -0.2) is 9.79 Å². The lowest BCUT2D eigenvalue weighted by Crippen LogP contribution is -2.49. The van der Waals surface area contributed by atoms with Crippen LogP contribution in [-0.4, -0.2) is 30.4 Å². The van der Waals surface area contributed by atoms with Crippen molar-refractivity contribution in [2.24, 2.45) is 10.9 Å². The van der Waals surface area contributed by atoms with Crippen molar-refractivity contribution < 1.29 is 14.3 Å². The lowest BCUT2D eigenvalue weighted by Gasteiger charge is -2.27. The third kappa shape index (κ3) is 3.78. The van der Waals surface area contributed by atoms with Crippen LogP contribution in [0.5, 0.6) is 0 Å². The van der Waals surface area contributed by atoms with Gasteiger partial charge in [0, 0.05) is 5.71 Å². The van der Waals surface area contributed by atoms with Crippen molar-refractivity contribution in [1.82, 2.24) is 5.32 Å². The van der Waals surface area contributed by atoms with E-state index in [1.165, 1.54) is 0 Å². The number of benzene rings is 1. The molecule has 0 spiro atoms. The first kappa shape index (κ1) is 15.0. The fraction of sp³-hybridized carbons (Fsp3) is 0.312. The Morgan fingerprint density at radius 3 is 2.76 bits per heavy atom. The van der Waals surface area contributed by atoms with Gasteiger partial charge in [0.1, 0.15) is 5.92 Å². The average Bonchev–Trinajstić information content (AvgIpc) is 2.45. The highest BCUT2D eigenvalue weighted by Crippen LogP contribution is 2.17. The van der Waals surface area contributed by atoms with E-state index in [1.54, 1.807) is 19.9 Å². The van der Waals surface area contributed by atoms with Crippen LogP contribution in [-0.2, 0) is 9.53 Å². The van der Waals surface area contributed by atoms with Crippen LogP contribution < -0.4 is 5.32 Å². The first-order chi connectivity index (χ1) is 10.1. The summed E-state index contributed by atoms with van der Waals surface area (Å²) in [6.07, 6.45) is 3.67. The maximum atomic E-state index is 12.0. The number of carbonyl (C=O) groups excluding carboxylic acids is 2. The van der Waals surface area contributed by atoms with Crippen LogP contribution in [0.15, 0.2) is 41.4 Å². The smallest absolute Gasteiger partial charge is 0.341 e. The van der Waals surface area contributed by atoms with Gasteiger partial charge in [0.15, 0.2) is 0 Å². The summed E-state index contributed by atoms with van der Waals surface area (Å²) < 4.78 is 5.06. The number of urea groups is 1. The molecule has 0 saturated heterocycles. The second-order valence-electron chi connectivity index (χ2n) is 4.73. The predicted octanol–water partition coefficient (Wildman–Crippen LogP) is 2.43. The van der Waals surface area contributed by atoms with Crippen LogP contribution in [0, 0.1) is 5.92 Å². The van der Waals surface area contributed by atoms with E-state index in [4.69, 9.17) is 4.74 Å². The number of nitrogens with zero attached hydrogens (tertiary/aromatic N) is 1. The molecule has 0 aromatic heterocycles. The molecule has 1 heterocycles. The highest BCUT2D eigenvalue weighted by atomic mass is 16.5. The van der Waals surface area contributed by atoms with Gasteiger partial charge in [-0.05, 0) is 19.4 Å². The van der Waals surface area contributed by atoms with Gasteiger partial charge in [-0.3, -0.25) is 4.79 Å². The summed E-state index contributed by atoms with van der Waals surface area (Å²) in [6, 6.07) is 8.79. The number of carbonyl (C=O) groups is 2. The topological polar surface area (TPSA) is 67.8 Å². The number of nitrogens with one attached hydrogen (secondary N) is 1. The number of aliphatic imine (C=N–C) groups is 1. The van der Waals surface area contributed by atoms with Gasteiger partial charge in [-0.15, -0.1) is 0 Å². The molecule has 2 rings (SSSR count). The molecule has 0 radical (unpaired) electrons. The molecule has 1 aliphatic heterocycles. The molecule has 0 aliphatic carbocycles. The Hall–Kier alpha value is -2.43. The summed E-state index contributed by atoms with van der Waals surface area (Å²) >= 11 is 0. The van der Waals surface area contributed by atoms with Gasteiger partial charge in [-0.2, -0.15) is 0 Å². The van der Waals surface area contributed by atoms with E-state index >= 15 is 0 Å². The van der Waals surface area contributed by atoms with Crippen LogP contribution in [0.3, 0.4) is 0 Å². The van der Waals surface area contributed by atoms with E-state index < -0.39 is 18.0 Å². The fourth-order valence-electron chi connectivity index (χ4n) is 2.24. The van der Waals surface area contributed by atoms with Crippen molar-refractivity contribution in [2.75, 3.05) is 6.61 Å². The minimum Gasteiger partial charge on any atom is -0.465 e. The van der Waals surface area contributed by atoms with Gasteiger partial charge in [0.25, 0.3) is 0 Å². The maximum Gasteiger partial charge on any atom is 0.341 e. The predicted molar refractivity (Wildman–Crippen MR) is 81.0 cm³/mol. The molecule has 2 atom stereocenters. The van der Waals surface area contributed by atoms with Crippen molar-refractivity contribution in [3.05, 3.63) is 42.0 Å². The quantitative estimate of drug-likeness (QED) is 0.864. The first-order valence-corrected chi connectivity index (χ1v) is 6.87. The maximum absolute atomic E-state index is 12.0. The highest BCUT2D eigenvalue weighted by molar-refractivity contribution is 6.08. The Kier molecular flexibility index (Phi) is 4.87. The third-order valence-electron chi connectivity index (χ3n) is 3.21. The van der Waals surface area contributed by atoms with Gasteiger partial charge in [0.05, 0.1) is 12.6 Å². The zero-order chi connectivity index (χ0) is 15.2. The monoisotopic (exact) mass is 286 g/mol. The Labute approximate surface area is 123 Å². The van der Waals surface area contributed by atoms with Crippen molar-refractivity contribution in [1.29, 1.82) is 0 Å². The number of ether oxygens (including phenoxy) is 1. The second-order valence-corrected chi connectivity index (χ2v) is 4.73. The van der Waals surface area contributed by atoms with Crippen LogP contribution in [0.1, 0.15) is 19.4 Å². The van der Waals surface area contributed by atoms with Crippen LogP contribution in [0.25, 0.3) is 6.08 Å². The Morgan fingerprint density at radius 1 is 1.38 bits per heavy atom. The minimum atomic E-state index is -0.581. The molecule has 0 bridgehead atoms. The Morgan fingerprint density at radius 2 is 2.10 bits per heavy atom. The minimum absolute atomic E-state index is 0.297. The molecule has 1 aromatic carbocycles. The second kappa shape index (κ2) is 6.83. The number of hydrogen-bond donors (Lipinski definition) is 1. The zero-order valence-electron chi connectivity index (χ0n) is 12.1. The molecular formula is C16H18N2O3. The van der Waals surface area contributed by atoms with Crippen LogP contribution >= 0.6 is 0 Å². The third-order valence-corrected chi connectivity index (χ3v) is 3.21. The molecule has 21 heavy (non-hydrogen) atoms. The number of rotatable bonds is 4. The molecule has 0 saturated carbocycles. The van der Waals surface area contributed by atoms with Crippen LogP contribution in [0.4, 0.5) is 4.79 Å². The van der Waals surface area contributed by atoms with E-state index in [0.29, 0.717) is 12.3 Å². The van der Waals surface area contributed by atoms with Gasteiger partial charge < -0.3 is 10.1 Å². The van der Waals surface area contributed by atoms with Crippen molar-refractivity contribution in [2.45, 2.75) is 19.9 Å². The summed E-state index contributed by atoms with van der Waals surface area (Å²) in [5.74, 6) is -0.955. The van der Waals surface area contributed by atoms with Crippen LogP contribution in [0.2, 0.25) is 0 Å². The fourth-order valence-corrected chi connectivity index (χ4v) is 2.24. The lowest BCUT2D eigenvalue weighted by atomic mass is 9.93. The van der Waals surface area contributed by atoms with E-state index in [0.717, 1.165) is 5.56 Å². The van der Waals surface area contributed by atoms with E-state index in [9.17, 15) is 9.59 Å². The normalized spacial score (nSPS) is 21.8. The lowest BCUT2D eigenvalue weighted by molar-refractivity contribution is -0.146. The Bertz CT molecular complexity index is 578. The number of amides is 2. The van der Waals surface area contributed by atoms with Crippen molar-refractivity contribution in [3.8, 4) is 0 Å². The summed E-state index contributed by atoms with van der Waals surface area (Å²) in [5.41, 5.74) is 1.47.